The van der Waals surface area contributed by atoms with E-state index in [1.54, 1.807) is 36.3 Å². The number of carbonyl (C=O) groups is 2. The molecular weight excluding hydrogens is 296 g/mol. The quantitative estimate of drug-likeness (QED) is 0.715. The van der Waals surface area contributed by atoms with Gasteiger partial charge < -0.3 is 15.0 Å². The third-order valence-electron chi connectivity index (χ3n) is 3.97. The second-order valence-electron chi connectivity index (χ2n) is 5.55. The summed E-state index contributed by atoms with van der Waals surface area (Å²) in [6.07, 6.45) is 0. The molecule has 23 heavy (non-hydrogen) atoms. The second kappa shape index (κ2) is 7.94. The van der Waals surface area contributed by atoms with Crippen molar-refractivity contribution >= 4 is 17.5 Å². The lowest BCUT2D eigenvalue weighted by Crippen LogP contribution is -2.44. The molecule has 0 saturated carbocycles. The maximum absolute atomic E-state index is 12.5. The largest absolute Gasteiger partial charge is 0.497 e. The van der Waals surface area contributed by atoms with Gasteiger partial charge in [0.05, 0.1) is 19.6 Å². The molecule has 1 aliphatic heterocycles. The lowest BCUT2D eigenvalue weighted by molar-refractivity contribution is -0.138. The minimum Gasteiger partial charge on any atom is -0.497 e. The Morgan fingerprint density at radius 3 is 2.57 bits per heavy atom. The van der Waals surface area contributed by atoms with Crippen LogP contribution in [0.3, 0.4) is 0 Å². The fourth-order valence-electron chi connectivity index (χ4n) is 2.54. The molecule has 2 rings (SSSR count). The van der Waals surface area contributed by atoms with Crippen molar-refractivity contribution in [2.75, 3.05) is 32.1 Å². The van der Waals surface area contributed by atoms with Gasteiger partial charge in [-0.1, -0.05) is 0 Å². The SMILES string of the molecule is CCN(CC(=O)Nc1ccc(OC)cc1)C(=O)C1CNNC1C. The molecule has 2 atom stereocenters. The third-order valence-corrected chi connectivity index (χ3v) is 3.97. The van der Waals surface area contributed by atoms with E-state index >= 15 is 0 Å². The summed E-state index contributed by atoms with van der Waals surface area (Å²) in [4.78, 5) is 26.3. The van der Waals surface area contributed by atoms with E-state index in [1.165, 1.54) is 0 Å². The van der Waals surface area contributed by atoms with E-state index < -0.39 is 0 Å². The molecule has 1 aromatic carbocycles. The molecular formula is C16H24N4O3. The van der Waals surface area contributed by atoms with Gasteiger partial charge >= 0.3 is 0 Å². The first kappa shape index (κ1) is 17.2. The number of nitrogens with one attached hydrogen (secondary N) is 3. The Kier molecular flexibility index (Phi) is 5.95. The van der Waals surface area contributed by atoms with Crippen molar-refractivity contribution < 1.29 is 14.3 Å². The fraction of sp³-hybridized carbons (Fsp3) is 0.500. The summed E-state index contributed by atoms with van der Waals surface area (Å²) in [5, 5.41) is 2.80. The van der Waals surface area contributed by atoms with E-state index in [9.17, 15) is 9.59 Å². The summed E-state index contributed by atoms with van der Waals surface area (Å²) in [5.74, 6) is 0.353. The van der Waals surface area contributed by atoms with Crippen LogP contribution in [0.25, 0.3) is 0 Å². The summed E-state index contributed by atoms with van der Waals surface area (Å²) < 4.78 is 5.08. The van der Waals surface area contributed by atoms with Crippen molar-refractivity contribution in [3.63, 3.8) is 0 Å². The maximum Gasteiger partial charge on any atom is 0.243 e. The monoisotopic (exact) mass is 320 g/mol. The van der Waals surface area contributed by atoms with Crippen LogP contribution in [-0.2, 0) is 9.59 Å². The van der Waals surface area contributed by atoms with Crippen LogP contribution < -0.4 is 20.9 Å². The standard InChI is InChI=1S/C16H24N4O3/c1-4-20(16(22)14-9-17-19-11(14)2)10-15(21)18-12-5-7-13(23-3)8-6-12/h5-8,11,14,17,19H,4,9-10H2,1-3H3,(H,18,21). The number of methoxy groups -OCH3 is 1. The lowest BCUT2D eigenvalue weighted by Gasteiger charge is -2.25. The van der Waals surface area contributed by atoms with E-state index in [0.29, 0.717) is 18.8 Å². The van der Waals surface area contributed by atoms with Gasteiger partial charge in [-0.3, -0.25) is 20.4 Å². The van der Waals surface area contributed by atoms with Crippen LogP contribution in [0.4, 0.5) is 5.69 Å². The average molecular weight is 320 g/mol. The van der Waals surface area contributed by atoms with Gasteiger partial charge in [-0.15, -0.1) is 0 Å². The van der Waals surface area contributed by atoms with E-state index in [0.717, 1.165) is 5.75 Å². The number of likely N-dealkylation sites (N-methyl/N-ethyl adjacent to an activating group) is 1. The van der Waals surface area contributed by atoms with Gasteiger partial charge in [0, 0.05) is 24.8 Å². The van der Waals surface area contributed by atoms with E-state index in [2.05, 4.69) is 16.2 Å². The van der Waals surface area contributed by atoms with Crippen molar-refractivity contribution in [2.24, 2.45) is 5.92 Å². The molecule has 2 amide bonds. The van der Waals surface area contributed by atoms with Crippen LogP contribution in [0.2, 0.25) is 0 Å². The highest BCUT2D eigenvalue weighted by Gasteiger charge is 2.32. The normalized spacial score (nSPS) is 20.1. The van der Waals surface area contributed by atoms with Gasteiger partial charge in [0.25, 0.3) is 0 Å². The molecule has 126 valence electrons. The Bertz CT molecular complexity index is 547. The van der Waals surface area contributed by atoms with Crippen molar-refractivity contribution in [1.29, 1.82) is 0 Å². The Morgan fingerprint density at radius 2 is 2.04 bits per heavy atom. The number of hydrogen-bond acceptors (Lipinski definition) is 5. The maximum atomic E-state index is 12.5. The first-order valence-electron chi connectivity index (χ1n) is 7.76. The number of nitrogens with zero attached hydrogens (tertiary/aromatic N) is 1. The Hall–Kier alpha value is -2.12. The molecule has 7 heteroatoms. The van der Waals surface area contributed by atoms with E-state index in [1.807, 2.05) is 13.8 Å². The number of rotatable bonds is 6. The van der Waals surface area contributed by atoms with E-state index in [4.69, 9.17) is 4.74 Å². The molecule has 1 fully saturated rings. The van der Waals surface area contributed by atoms with E-state index in [-0.39, 0.29) is 30.3 Å². The van der Waals surface area contributed by atoms with Crippen LogP contribution in [0.5, 0.6) is 5.75 Å². The zero-order valence-corrected chi connectivity index (χ0v) is 13.8. The number of anilines is 1. The summed E-state index contributed by atoms with van der Waals surface area (Å²) in [6, 6.07) is 7.14. The highest BCUT2D eigenvalue weighted by molar-refractivity contribution is 5.95. The Balaban J connectivity index is 1.92. The highest BCUT2D eigenvalue weighted by Crippen LogP contribution is 2.15. The summed E-state index contributed by atoms with van der Waals surface area (Å²) in [6.45, 7) is 4.95. The van der Waals surface area contributed by atoms with Gasteiger partial charge in [0.1, 0.15) is 5.75 Å². The molecule has 0 radical (unpaired) electrons. The Morgan fingerprint density at radius 1 is 1.35 bits per heavy atom. The van der Waals surface area contributed by atoms with Crippen molar-refractivity contribution in [2.45, 2.75) is 19.9 Å². The zero-order valence-electron chi connectivity index (χ0n) is 13.8. The van der Waals surface area contributed by atoms with Crippen LogP contribution in [0.1, 0.15) is 13.8 Å². The topological polar surface area (TPSA) is 82.7 Å². The number of amides is 2. The molecule has 1 saturated heterocycles. The summed E-state index contributed by atoms with van der Waals surface area (Å²) >= 11 is 0. The molecule has 7 nitrogen and oxygen atoms in total. The molecule has 1 aliphatic rings. The van der Waals surface area contributed by atoms with Crippen LogP contribution >= 0.6 is 0 Å². The van der Waals surface area contributed by atoms with Crippen LogP contribution in [0.15, 0.2) is 24.3 Å². The minimum atomic E-state index is -0.211. The van der Waals surface area contributed by atoms with Gasteiger partial charge in [0.15, 0.2) is 0 Å². The summed E-state index contributed by atoms with van der Waals surface area (Å²) in [7, 11) is 1.59. The predicted octanol–water partition coefficient (Wildman–Crippen LogP) is 0.595. The molecule has 1 heterocycles. The average Bonchev–Trinajstić information content (AvgIpc) is 2.98. The summed E-state index contributed by atoms with van der Waals surface area (Å²) in [5.41, 5.74) is 6.68. The molecule has 0 aromatic heterocycles. The number of benzene rings is 1. The van der Waals surface area contributed by atoms with Gasteiger partial charge in [-0.25, -0.2) is 0 Å². The number of hydrogen-bond donors (Lipinski definition) is 3. The number of hydrazine groups is 1. The number of carbonyl (C=O) groups excluding carboxylic acids is 2. The zero-order chi connectivity index (χ0) is 16.8. The first-order chi connectivity index (χ1) is 11.0. The molecule has 1 aromatic rings. The fourth-order valence-corrected chi connectivity index (χ4v) is 2.54. The molecule has 0 aliphatic carbocycles. The molecule has 3 N–H and O–H groups in total. The van der Waals surface area contributed by atoms with Crippen molar-refractivity contribution in [3.8, 4) is 5.75 Å². The van der Waals surface area contributed by atoms with Gasteiger partial charge in [-0.2, -0.15) is 0 Å². The highest BCUT2D eigenvalue weighted by atomic mass is 16.5. The molecule has 0 bridgehead atoms. The van der Waals surface area contributed by atoms with Crippen LogP contribution in [-0.4, -0.2) is 49.5 Å². The second-order valence-corrected chi connectivity index (χ2v) is 5.55. The first-order valence-corrected chi connectivity index (χ1v) is 7.76. The van der Waals surface area contributed by atoms with Gasteiger partial charge in [-0.05, 0) is 38.1 Å². The van der Waals surface area contributed by atoms with Gasteiger partial charge in [0.2, 0.25) is 11.8 Å². The van der Waals surface area contributed by atoms with Crippen LogP contribution in [0, 0.1) is 5.92 Å². The number of ether oxygens (including phenoxy) is 1. The smallest absolute Gasteiger partial charge is 0.243 e. The lowest BCUT2D eigenvalue weighted by atomic mass is 10.0. The molecule has 2 unspecified atom stereocenters. The van der Waals surface area contributed by atoms with Crippen molar-refractivity contribution in [3.05, 3.63) is 24.3 Å². The van der Waals surface area contributed by atoms with Crippen molar-refractivity contribution in [1.82, 2.24) is 15.8 Å². The minimum absolute atomic E-state index is 0.0117. The predicted molar refractivity (Wildman–Crippen MR) is 88.0 cm³/mol. The third kappa shape index (κ3) is 4.43. The molecule has 0 spiro atoms. The Labute approximate surface area is 136 Å².